The van der Waals surface area contributed by atoms with E-state index in [-0.39, 0.29) is 5.52 Å². The summed E-state index contributed by atoms with van der Waals surface area (Å²) in [7, 11) is 0. The molecule has 1 heterocycles. The number of H-pyrrole nitrogens is 1. The van der Waals surface area contributed by atoms with Crippen molar-refractivity contribution >= 4 is 33.5 Å². The highest BCUT2D eigenvalue weighted by Gasteiger charge is 2.09. The Morgan fingerprint density at radius 1 is 1.54 bits per heavy atom. The van der Waals surface area contributed by atoms with E-state index in [9.17, 15) is 4.39 Å². The van der Waals surface area contributed by atoms with Crippen LogP contribution in [0.15, 0.2) is 12.1 Å². The molecule has 0 radical (unpaired) electrons. The number of hydrogen-bond donors (Lipinski definition) is 1. The predicted octanol–water partition coefficient (Wildman–Crippen LogP) is 2.18. The fraction of sp³-hybridized carbons (Fsp3) is 0. The third kappa shape index (κ3) is 1.27. The second-order valence-corrected chi connectivity index (χ2v) is 3.58. The van der Waals surface area contributed by atoms with Crippen molar-refractivity contribution in [1.29, 1.82) is 5.26 Å². The van der Waals surface area contributed by atoms with E-state index in [1.165, 1.54) is 6.07 Å². The van der Waals surface area contributed by atoms with Crippen molar-refractivity contribution in [3.63, 3.8) is 0 Å². The SMILES string of the molecule is N#Cc1cc(F)c2n[nH]c(I)c2c1. The molecule has 0 aliphatic heterocycles. The minimum absolute atomic E-state index is 0.281. The Hall–Kier alpha value is -1.16. The van der Waals surface area contributed by atoms with Gasteiger partial charge in [0.2, 0.25) is 0 Å². The van der Waals surface area contributed by atoms with Crippen LogP contribution in [0.25, 0.3) is 10.9 Å². The smallest absolute Gasteiger partial charge is 0.152 e. The summed E-state index contributed by atoms with van der Waals surface area (Å²) >= 11 is 2.01. The molecule has 2 rings (SSSR count). The predicted molar refractivity (Wildman–Crippen MR) is 53.5 cm³/mol. The summed E-state index contributed by atoms with van der Waals surface area (Å²) in [6.45, 7) is 0. The van der Waals surface area contributed by atoms with Crippen LogP contribution < -0.4 is 0 Å². The lowest BCUT2D eigenvalue weighted by atomic mass is 10.2. The maximum atomic E-state index is 13.2. The Morgan fingerprint density at radius 3 is 3.00 bits per heavy atom. The van der Waals surface area contributed by atoms with E-state index in [0.717, 1.165) is 3.70 Å². The topological polar surface area (TPSA) is 52.5 Å². The van der Waals surface area contributed by atoms with Crippen molar-refractivity contribution in [2.75, 3.05) is 0 Å². The summed E-state index contributed by atoms with van der Waals surface area (Å²) in [5.74, 6) is -0.465. The van der Waals surface area contributed by atoms with Gasteiger partial charge in [0.25, 0.3) is 0 Å². The van der Waals surface area contributed by atoms with Crippen LogP contribution in [0.3, 0.4) is 0 Å². The molecule has 0 aliphatic rings. The third-order valence-electron chi connectivity index (χ3n) is 1.69. The molecule has 0 unspecified atom stereocenters. The second kappa shape index (κ2) is 2.96. The van der Waals surface area contributed by atoms with Gasteiger partial charge in [-0.15, -0.1) is 0 Å². The van der Waals surface area contributed by atoms with Crippen molar-refractivity contribution in [3.05, 3.63) is 27.2 Å². The minimum atomic E-state index is -0.465. The van der Waals surface area contributed by atoms with E-state index < -0.39 is 5.82 Å². The third-order valence-corrected chi connectivity index (χ3v) is 2.52. The number of nitrogens with one attached hydrogen (secondary N) is 1. The minimum Gasteiger partial charge on any atom is -0.271 e. The number of nitrogens with zero attached hydrogens (tertiary/aromatic N) is 2. The molecular weight excluding hydrogens is 284 g/mol. The van der Waals surface area contributed by atoms with Gasteiger partial charge in [0.1, 0.15) is 9.22 Å². The van der Waals surface area contributed by atoms with Gasteiger partial charge in [0.15, 0.2) is 5.82 Å². The molecule has 0 saturated heterocycles. The van der Waals surface area contributed by atoms with Crippen LogP contribution in [0.4, 0.5) is 4.39 Å². The number of aromatic nitrogens is 2. The molecule has 1 aromatic carbocycles. The first-order chi connectivity index (χ1) is 6.22. The molecule has 1 N–H and O–H groups in total. The lowest BCUT2D eigenvalue weighted by Gasteiger charge is -1.92. The highest BCUT2D eigenvalue weighted by molar-refractivity contribution is 14.1. The van der Waals surface area contributed by atoms with Gasteiger partial charge in [-0.2, -0.15) is 10.4 Å². The van der Waals surface area contributed by atoms with E-state index in [4.69, 9.17) is 5.26 Å². The van der Waals surface area contributed by atoms with Gasteiger partial charge in [0.05, 0.1) is 11.6 Å². The van der Waals surface area contributed by atoms with Crippen LogP contribution in [0.1, 0.15) is 5.56 Å². The van der Waals surface area contributed by atoms with Crippen molar-refractivity contribution in [2.45, 2.75) is 0 Å². The summed E-state index contributed by atoms with van der Waals surface area (Å²) in [5, 5.41) is 15.7. The fourth-order valence-corrected chi connectivity index (χ4v) is 1.64. The summed E-state index contributed by atoms with van der Waals surface area (Å²) in [6, 6.07) is 4.69. The molecule has 2 aromatic rings. The van der Waals surface area contributed by atoms with Gasteiger partial charge in [0, 0.05) is 5.39 Å². The molecule has 3 nitrogen and oxygen atoms in total. The zero-order chi connectivity index (χ0) is 9.42. The Labute approximate surface area is 86.7 Å². The summed E-state index contributed by atoms with van der Waals surface area (Å²) in [4.78, 5) is 0. The van der Waals surface area contributed by atoms with E-state index >= 15 is 0 Å². The van der Waals surface area contributed by atoms with Gasteiger partial charge in [-0.05, 0) is 34.7 Å². The van der Waals surface area contributed by atoms with Crippen molar-refractivity contribution in [2.24, 2.45) is 0 Å². The largest absolute Gasteiger partial charge is 0.271 e. The van der Waals surface area contributed by atoms with E-state index in [1.54, 1.807) is 6.07 Å². The zero-order valence-electron chi connectivity index (χ0n) is 6.31. The molecule has 0 amide bonds. The number of fused-ring (bicyclic) bond motifs is 1. The van der Waals surface area contributed by atoms with E-state index in [1.807, 2.05) is 28.7 Å². The lowest BCUT2D eigenvalue weighted by Crippen LogP contribution is -1.81. The van der Waals surface area contributed by atoms with Gasteiger partial charge >= 0.3 is 0 Å². The highest BCUT2D eigenvalue weighted by Crippen LogP contribution is 2.21. The summed E-state index contributed by atoms with van der Waals surface area (Å²) < 4.78 is 13.9. The summed E-state index contributed by atoms with van der Waals surface area (Å²) in [6.07, 6.45) is 0. The highest BCUT2D eigenvalue weighted by atomic mass is 127. The summed E-state index contributed by atoms with van der Waals surface area (Å²) in [5.41, 5.74) is 0.590. The molecule has 0 fully saturated rings. The standard InChI is InChI=1S/C8H3FIN3/c9-6-2-4(3-11)1-5-7(6)12-13-8(5)10/h1-2H,(H,12,13). The van der Waals surface area contributed by atoms with Gasteiger partial charge < -0.3 is 0 Å². The van der Waals surface area contributed by atoms with Crippen LogP contribution >= 0.6 is 22.6 Å². The van der Waals surface area contributed by atoms with Gasteiger partial charge in [-0.3, -0.25) is 5.10 Å². The average molecular weight is 287 g/mol. The Morgan fingerprint density at radius 2 is 2.31 bits per heavy atom. The van der Waals surface area contributed by atoms with Gasteiger partial charge in [-0.25, -0.2) is 4.39 Å². The van der Waals surface area contributed by atoms with Crippen molar-refractivity contribution in [3.8, 4) is 6.07 Å². The Bertz CT molecular complexity index is 512. The molecule has 0 atom stereocenters. The first kappa shape index (κ1) is 8.44. The lowest BCUT2D eigenvalue weighted by molar-refractivity contribution is 0.636. The molecule has 13 heavy (non-hydrogen) atoms. The Balaban J connectivity index is 2.90. The van der Waals surface area contributed by atoms with Crippen LogP contribution in [0.5, 0.6) is 0 Å². The van der Waals surface area contributed by atoms with Crippen LogP contribution in [0, 0.1) is 20.8 Å². The van der Waals surface area contributed by atoms with Gasteiger partial charge in [-0.1, -0.05) is 0 Å². The normalized spacial score (nSPS) is 10.2. The second-order valence-electron chi connectivity index (χ2n) is 2.50. The average Bonchev–Trinajstić information content (AvgIpc) is 2.48. The quantitative estimate of drug-likeness (QED) is 0.755. The molecule has 0 saturated carbocycles. The van der Waals surface area contributed by atoms with Crippen LogP contribution in [-0.2, 0) is 0 Å². The molecular formula is C8H3FIN3. The monoisotopic (exact) mass is 287 g/mol. The van der Waals surface area contributed by atoms with Crippen LogP contribution in [-0.4, -0.2) is 10.2 Å². The molecule has 0 aliphatic carbocycles. The molecule has 64 valence electrons. The van der Waals surface area contributed by atoms with E-state index in [2.05, 4.69) is 10.2 Å². The van der Waals surface area contributed by atoms with E-state index in [0.29, 0.717) is 10.9 Å². The molecule has 0 spiro atoms. The molecule has 0 bridgehead atoms. The maximum absolute atomic E-state index is 13.2. The Kier molecular flexibility index (Phi) is 1.92. The van der Waals surface area contributed by atoms with Crippen LogP contribution in [0.2, 0.25) is 0 Å². The molecule has 1 aromatic heterocycles. The number of rotatable bonds is 0. The van der Waals surface area contributed by atoms with Crippen molar-refractivity contribution in [1.82, 2.24) is 10.2 Å². The fourth-order valence-electron chi connectivity index (χ4n) is 1.11. The number of hydrogen-bond acceptors (Lipinski definition) is 2. The molecule has 5 heteroatoms. The zero-order valence-corrected chi connectivity index (χ0v) is 8.46. The number of halogens is 2. The first-order valence-electron chi connectivity index (χ1n) is 3.45. The first-order valence-corrected chi connectivity index (χ1v) is 4.53. The maximum Gasteiger partial charge on any atom is 0.152 e. The number of nitriles is 1. The van der Waals surface area contributed by atoms with Crippen molar-refractivity contribution < 1.29 is 4.39 Å². The number of aromatic amines is 1. The number of benzene rings is 1.